The molecule has 0 aliphatic rings. The molecule has 3 amide bonds. The molecule has 1 aromatic carbocycles. The summed E-state index contributed by atoms with van der Waals surface area (Å²) in [4.78, 5) is 42.5. The lowest BCUT2D eigenvalue weighted by Crippen LogP contribution is -2.56. The van der Waals surface area contributed by atoms with Crippen molar-refractivity contribution in [3.63, 3.8) is 0 Å². The molecule has 37 heavy (non-hydrogen) atoms. The lowest BCUT2D eigenvalue weighted by atomic mass is 9.95. The summed E-state index contributed by atoms with van der Waals surface area (Å²) in [6, 6.07) is 4.10. The lowest BCUT2D eigenvalue weighted by molar-refractivity contribution is -0.145. The Labute approximate surface area is 225 Å². The van der Waals surface area contributed by atoms with Crippen LogP contribution in [-0.4, -0.2) is 46.5 Å². The third-order valence-corrected chi connectivity index (χ3v) is 6.21. The van der Waals surface area contributed by atoms with E-state index in [2.05, 4.69) is 23.6 Å². The number of carbonyl (C=O) groups excluding carboxylic acids is 3. The minimum absolute atomic E-state index is 0.0221. The van der Waals surface area contributed by atoms with Gasteiger partial charge in [0.1, 0.15) is 17.7 Å². The molecule has 4 atom stereocenters. The van der Waals surface area contributed by atoms with Gasteiger partial charge in [0.05, 0.1) is 0 Å². The van der Waals surface area contributed by atoms with E-state index in [1.165, 1.54) is 0 Å². The lowest BCUT2D eigenvalue weighted by Gasteiger charge is -2.39. The number of nitrogens with zero attached hydrogens (tertiary/aromatic N) is 1. The van der Waals surface area contributed by atoms with Crippen LogP contribution in [0.3, 0.4) is 0 Å². The van der Waals surface area contributed by atoms with E-state index in [9.17, 15) is 14.4 Å². The summed E-state index contributed by atoms with van der Waals surface area (Å²) < 4.78 is 5.47. The third kappa shape index (κ3) is 10.7. The molecule has 4 unspecified atom stereocenters. The van der Waals surface area contributed by atoms with Crippen molar-refractivity contribution in [1.29, 1.82) is 0 Å². The predicted octanol–water partition coefficient (Wildman–Crippen LogP) is 6.22. The van der Waals surface area contributed by atoms with Crippen molar-refractivity contribution in [3.8, 4) is 0 Å². The summed E-state index contributed by atoms with van der Waals surface area (Å²) >= 11 is 0. The molecule has 0 spiro atoms. The molecule has 7 nitrogen and oxygen atoms in total. The number of carbonyl (C=O) groups is 3. The summed E-state index contributed by atoms with van der Waals surface area (Å²) in [5.41, 5.74) is 2.13. The van der Waals surface area contributed by atoms with Crippen LogP contribution in [-0.2, 0) is 14.3 Å². The molecule has 0 heterocycles. The first kappa shape index (κ1) is 32.5. The molecule has 0 bridgehead atoms. The maximum Gasteiger partial charge on any atom is 0.408 e. The number of ether oxygens (including phenoxy) is 1. The first-order valence-corrected chi connectivity index (χ1v) is 13.8. The Kier molecular flexibility index (Phi) is 12.6. The second-order valence-corrected chi connectivity index (χ2v) is 11.9. The van der Waals surface area contributed by atoms with Gasteiger partial charge in [-0.2, -0.15) is 0 Å². The van der Waals surface area contributed by atoms with Gasteiger partial charge in [0.2, 0.25) is 11.8 Å². The monoisotopic (exact) mass is 517 g/mol. The Morgan fingerprint density at radius 2 is 1.51 bits per heavy atom. The highest BCUT2D eigenvalue weighted by atomic mass is 16.6. The molecule has 0 radical (unpaired) electrons. The molecule has 7 heteroatoms. The number of nitrogens with one attached hydrogen (secondary N) is 2. The maximum atomic E-state index is 14.3. The maximum absolute atomic E-state index is 14.3. The fourth-order valence-corrected chi connectivity index (χ4v) is 4.55. The van der Waals surface area contributed by atoms with E-state index < -0.39 is 23.8 Å². The summed E-state index contributed by atoms with van der Waals surface area (Å²) in [7, 11) is 0. The van der Waals surface area contributed by atoms with Crippen LogP contribution in [0.15, 0.2) is 18.2 Å². The standard InChI is InChI=1S/C30H51N3O4/c1-12-14-22(7)31-27(34)26(24-17-20(5)16-21(6)18-24)33(23(8)13-2)28(35)25(15-19(3)4)32-29(36)37-30(9,10)11/h16-19,22-23,25-26H,12-15H2,1-11H3,(H,31,34)(H,32,36). The van der Waals surface area contributed by atoms with Gasteiger partial charge in [-0.05, 0) is 79.2 Å². The van der Waals surface area contributed by atoms with E-state index in [0.29, 0.717) is 12.8 Å². The zero-order chi connectivity index (χ0) is 28.5. The van der Waals surface area contributed by atoms with E-state index in [-0.39, 0.29) is 29.8 Å². The quantitative estimate of drug-likeness (QED) is 0.345. The highest BCUT2D eigenvalue weighted by Gasteiger charge is 2.39. The predicted molar refractivity (Wildman–Crippen MR) is 150 cm³/mol. The first-order chi connectivity index (χ1) is 17.1. The Morgan fingerprint density at radius 1 is 0.946 bits per heavy atom. The molecule has 1 aromatic rings. The molecule has 0 aliphatic heterocycles. The number of alkyl carbamates (subject to hydrolysis) is 1. The molecule has 0 saturated carbocycles. The zero-order valence-electron chi connectivity index (χ0n) is 25.0. The Balaban J connectivity index is 3.60. The van der Waals surface area contributed by atoms with Crippen molar-refractivity contribution >= 4 is 17.9 Å². The molecule has 0 aliphatic carbocycles. The van der Waals surface area contributed by atoms with Crippen molar-refractivity contribution < 1.29 is 19.1 Å². The van der Waals surface area contributed by atoms with Gasteiger partial charge in [-0.1, -0.05) is 63.4 Å². The second-order valence-electron chi connectivity index (χ2n) is 11.9. The van der Waals surface area contributed by atoms with Crippen LogP contribution in [0.1, 0.15) is 111 Å². The average molecular weight is 518 g/mol. The fourth-order valence-electron chi connectivity index (χ4n) is 4.55. The molecule has 0 aromatic heterocycles. The largest absolute Gasteiger partial charge is 0.444 e. The van der Waals surface area contributed by atoms with Gasteiger partial charge in [-0.3, -0.25) is 9.59 Å². The van der Waals surface area contributed by atoms with Gasteiger partial charge in [0.15, 0.2) is 0 Å². The van der Waals surface area contributed by atoms with E-state index in [1.807, 2.05) is 60.6 Å². The van der Waals surface area contributed by atoms with Gasteiger partial charge in [0, 0.05) is 12.1 Å². The molecular weight excluding hydrogens is 466 g/mol. The first-order valence-electron chi connectivity index (χ1n) is 13.8. The Morgan fingerprint density at radius 3 is 1.97 bits per heavy atom. The fraction of sp³-hybridized carbons (Fsp3) is 0.700. The van der Waals surface area contributed by atoms with Crippen molar-refractivity contribution in [3.05, 3.63) is 34.9 Å². The van der Waals surface area contributed by atoms with E-state index in [1.54, 1.807) is 25.7 Å². The van der Waals surface area contributed by atoms with Gasteiger partial charge in [-0.25, -0.2) is 4.79 Å². The van der Waals surface area contributed by atoms with Crippen LogP contribution in [0.4, 0.5) is 4.79 Å². The van der Waals surface area contributed by atoms with Crippen LogP contribution in [0.25, 0.3) is 0 Å². The van der Waals surface area contributed by atoms with Crippen molar-refractivity contribution in [1.82, 2.24) is 15.5 Å². The summed E-state index contributed by atoms with van der Waals surface area (Å²) in [6.07, 6.45) is 2.24. The van der Waals surface area contributed by atoms with E-state index >= 15 is 0 Å². The van der Waals surface area contributed by atoms with Gasteiger partial charge < -0.3 is 20.3 Å². The Bertz CT molecular complexity index is 886. The molecular formula is C30H51N3O4. The molecule has 1 rings (SSSR count). The summed E-state index contributed by atoms with van der Waals surface area (Å²) in [6.45, 7) is 21.4. The zero-order valence-corrected chi connectivity index (χ0v) is 25.0. The average Bonchev–Trinajstić information content (AvgIpc) is 2.73. The number of aryl methyl sites for hydroxylation is 2. The Hall–Kier alpha value is -2.57. The summed E-state index contributed by atoms with van der Waals surface area (Å²) in [5, 5.41) is 5.95. The third-order valence-electron chi connectivity index (χ3n) is 6.21. The van der Waals surface area contributed by atoms with Crippen LogP contribution < -0.4 is 10.6 Å². The van der Waals surface area contributed by atoms with Crippen LogP contribution in [0.2, 0.25) is 0 Å². The van der Waals surface area contributed by atoms with Crippen molar-refractivity contribution in [2.45, 2.75) is 132 Å². The number of benzene rings is 1. The van der Waals surface area contributed by atoms with Crippen molar-refractivity contribution in [2.24, 2.45) is 5.92 Å². The molecule has 210 valence electrons. The number of hydrogen-bond donors (Lipinski definition) is 2. The van der Waals surface area contributed by atoms with E-state index in [4.69, 9.17) is 4.74 Å². The highest BCUT2D eigenvalue weighted by molar-refractivity contribution is 5.92. The van der Waals surface area contributed by atoms with Crippen LogP contribution in [0.5, 0.6) is 0 Å². The van der Waals surface area contributed by atoms with Crippen LogP contribution >= 0.6 is 0 Å². The highest BCUT2D eigenvalue weighted by Crippen LogP contribution is 2.29. The van der Waals surface area contributed by atoms with Gasteiger partial charge in [0.25, 0.3) is 0 Å². The normalized spacial score (nSPS) is 14.9. The van der Waals surface area contributed by atoms with Crippen LogP contribution in [0, 0.1) is 19.8 Å². The number of rotatable bonds is 12. The SMILES string of the molecule is CCCC(C)NC(=O)C(c1cc(C)cc(C)c1)N(C(=O)C(CC(C)C)NC(=O)OC(C)(C)C)C(C)CC. The second kappa shape index (κ2) is 14.4. The molecule has 2 N–H and O–H groups in total. The topological polar surface area (TPSA) is 87.7 Å². The minimum atomic E-state index is -0.824. The van der Waals surface area contributed by atoms with Gasteiger partial charge in [-0.15, -0.1) is 0 Å². The molecule has 0 saturated heterocycles. The number of amides is 3. The van der Waals surface area contributed by atoms with E-state index in [0.717, 1.165) is 29.5 Å². The molecule has 0 fully saturated rings. The summed E-state index contributed by atoms with van der Waals surface area (Å²) in [5.74, 6) is -0.350. The van der Waals surface area contributed by atoms with Gasteiger partial charge >= 0.3 is 6.09 Å². The smallest absolute Gasteiger partial charge is 0.408 e. The minimum Gasteiger partial charge on any atom is -0.444 e. The number of hydrogen-bond acceptors (Lipinski definition) is 4. The van der Waals surface area contributed by atoms with Crippen molar-refractivity contribution in [2.75, 3.05) is 0 Å².